The molecule has 4 N–H and O–H groups in total. The van der Waals surface area contributed by atoms with Gasteiger partial charge in [0.1, 0.15) is 37.1 Å². The van der Waals surface area contributed by atoms with E-state index in [0.29, 0.717) is 6.42 Å². The summed E-state index contributed by atoms with van der Waals surface area (Å²) in [7, 11) is -4.79. The molecule has 0 aromatic rings. The van der Waals surface area contributed by atoms with Crippen LogP contribution in [0.4, 0.5) is 0 Å². The Hall–Kier alpha value is -0.120. The predicted octanol–water partition coefficient (Wildman–Crippen LogP) is -1.48. The third-order valence-electron chi connectivity index (χ3n) is 6.07. The fourth-order valence-corrected chi connectivity index (χ4v) is 4.57. The molecule has 13 heteroatoms. The first-order chi connectivity index (χ1) is 17.5. The van der Waals surface area contributed by atoms with Gasteiger partial charge in [-0.05, 0) is 32.1 Å². The molecule has 38 heavy (non-hydrogen) atoms. The number of aliphatic hydroxyl groups is 4. The quantitative estimate of drug-likeness (QED) is 0.0436. The Kier molecular flexibility index (Phi) is 21.5. The van der Waals surface area contributed by atoms with Gasteiger partial charge in [0, 0.05) is 6.42 Å². The van der Waals surface area contributed by atoms with Gasteiger partial charge in [-0.2, -0.15) is 0 Å². The van der Waals surface area contributed by atoms with Crippen molar-refractivity contribution < 1.29 is 82.0 Å². The minimum absolute atomic E-state index is 0. The minimum Gasteiger partial charge on any atom is -0.748 e. The average Bonchev–Trinajstić information content (AvgIpc) is 2.84. The summed E-state index contributed by atoms with van der Waals surface area (Å²) in [5.41, 5.74) is 0. The zero-order valence-electron chi connectivity index (χ0n) is 22.8. The predicted molar refractivity (Wildman–Crippen MR) is 134 cm³/mol. The van der Waals surface area contributed by atoms with Gasteiger partial charge in [-0.15, -0.1) is 0 Å². The number of hydrogen-bond donors (Lipinski definition) is 4. The third kappa shape index (κ3) is 17.5. The van der Waals surface area contributed by atoms with E-state index < -0.39 is 65.3 Å². The summed E-state index contributed by atoms with van der Waals surface area (Å²) in [5.74, 6) is -1.59. The van der Waals surface area contributed by atoms with Crippen LogP contribution in [0.25, 0.3) is 0 Å². The SMILES string of the molecule is CCCCCC/C=C\CCCCCCCC(=O)OCC(O)CO[C@H]1O[C@H](CS(=O)(=O)[O-])[C@@H](O)[C@H](O)[C@H]1O.[Na+]. The van der Waals surface area contributed by atoms with Crippen LogP contribution < -0.4 is 29.6 Å². The molecule has 0 saturated carbocycles. The molecule has 0 bridgehead atoms. The Bertz CT molecular complexity index is 750. The van der Waals surface area contributed by atoms with Crippen LogP contribution in [-0.4, -0.2) is 95.1 Å². The maximum Gasteiger partial charge on any atom is 1.00 e. The average molecular weight is 577 g/mol. The van der Waals surface area contributed by atoms with Gasteiger partial charge < -0.3 is 39.2 Å². The van der Waals surface area contributed by atoms with Gasteiger partial charge in [0.25, 0.3) is 0 Å². The first kappa shape index (κ1) is 37.9. The van der Waals surface area contributed by atoms with Gasteiger partial charge in [0.05, 0.1) is 22.5 Å². The van der Waals surface area contributed by atoms with Crippen molar-refractivity contribution in [2.75, 3.05) is 19.0 Å². The molecule has 0 amide bonds. The van der Waals surface area contributed by atoms with Crippen molar-refractivity contribution in [3.8, 4) is 0 Å². The van der Waals surface area contributed by atoms with E-state index >= 15 is 0 Å². The summed E-state index contributed by atoms with van der Waals surface area (Å²) in [4.78, 5) is 11.9. The maximum absolute atomic E-state index is 11.9. The summed E-state index contributed by atoms with van der Waals surface area (Å²) >= 11 is 0. The topological polar surface area (TPSA) is 183 Å². The van der Waals surface area contributed by atoms with Gasteiger partial charge in [-0.25, -0.2) is 8.42 Å². The molecule has 1 heterocycles. The van der Waals surface area contributed by atoms with Gasteiger partial charge in [0.2, 0.25) is 0 Å². The molecule has 0 aromatic carbocycles. The van der Waals surface area contributed by atoms with Crippen molar-refractivity contribution in [2.45, 2.75) is 121 Å². The summed E-state index contributed by atoms with van der Waals surface area (Å²) < 4.78 is 48.1. The molecule has 0 radical (unpaired) electrons. The number of carbonyl (C=O) groups is 1. The molecular formula is C25H45NaO11S. The van der Waals surface area contributed by atoms with Crippen molar-refractivity contribution in [1.29, 1.82) is 0 Å². The van der Waals surface area contributed by atoms with Crippen molar-refractivity contribution in [3.05, 3.63) is 12.2 Å². The van der Waals surface area contributed by atoms with E-state index in [-0.39, 0.29) is 42.6 Å². The Balaban J connectivity index is 0.0000137. The molecule has 1 aliphatic heterocycles. The summed E-state index contributed by atoms with van der Waals surface area (Å²) in [6.45, 7) is 1.37. The molecule has 6 atom stereocenters. The minimum atomic E-state index is -4.79. The number of carbonyl (C=O) groups excluding carboxylic acids is 1. The van der Waals surface area contributed by atoms with Crippen LogP contribution in [0.3, 0.4) is 0 Å². The molecule has 1 aliphatic rings. The maximum atomic E-state index is 11.9. The Morgan fingerprint density at radius 2 is 1.50 bits per heavy atom. The van der Waals surface area contributed by atoms with E-state index in [0.717, 1.165) is 38.5 Å². The monoisotopic (exact) mass is 576 g/mol. The van der Waals surface area contributed by atoms with Crippen LogP contribution in [-0.2, 0) is 29.1 Å². The number of rotatable bonds is 20. The number of esters is 1. The van der Waals surface area contributed by atoms with Crippen molar-refractivity contribution in [2.24, 2.45) is 0 Å². The van der Waals surface area contributed by atoms with Crippen molar-refractivity contribution >= 4 is 16.1 Å². The van der Waals surface area contributed by atoms with Gasteiger partial charge in [0.15, 0.2) is 6.29 Å². The molecule has 0 aliphatic carbocycles. The van der Waals surface area contributed by atoms with E-state index in [1.54, 1.807) is 0 Å². The first-order valence-electron chi connectivity index (χ1n) is 13.3. The fraction of sp³-hybridized carbons (Fsp3) is 0.880. The van der Waals surface area contributed by atoms with Crippen molar-refractivity contribution in [1.82, 2.24) is 0 Å². The fourth-order valence-electron chi connectivity index (χ4n) is 3.89. The largest absolute Gasteiger partial charge is 1.00 e. The molecule has 1 saturated heterocycles. The summed E-state index contributed by atoms with van der Waals surface area (Å²) in [5, 5.41) is 39.6. The van der Waals surface area contributed by atoms with Crippen LogP contribution in [0.1, 0.15) is 84.0 Å². The van der Waals surface area contributed by atoms with Crippen molar-refractivity contribution in [3.63, 3.8) is 0 Å². The normalized spacial score (nSPS) is 24.7. The second-order valence-electron chi connectivity index (χ2n) is 9.54. The van der Waals surface area contributed by atoms with Crippen LogP contribution in [0.5, 0.6) is 0 Å². The summed E-state index contributed by atoms with van der Waals surface area (Å²) in [6.07, 6.45) is 7.09. The zero-order valence-corrected chi connectivity index (χ0v) is 25.6. The molecular weight excluding hydrogens is 531 g/mol. The van der Waals surface area contributed by atoms with Gasteiger partial charge in [-0.1, -0.05) is 57.6 Å². The van der Waals surface area contributed by atoms with E-state index in [4.69, 9.17) is 14.2 Å². The number of ether oxygens (including phenoxy) is 3. The van der Waals surface area contributed by atoms with Gasteiger partial charge >= 0.3 is 35.5 Å². The standard InChI is InChI=1S/C25H46O11S.Na/c1-2-3-4-5-6-7-8-9-10-11-12-13-14-15-21(27)34-16-19(26)17-35-25-24(30)23(29)22(28)20(36-25)18-37(31,32)33;/h7-8,19-20,22-26,28-30H,2-6,9-18H2,1H3,(H,31,32,33);/q;+1/p-1/b8-7-;/t19?,20-,22-,23+,24-,25+;/m1./s1. The Labute approximate surface area is 249 Å². The molecule has 1 rings (SSSR count). The number of hydrogen-bond acceptors (Lipinski definition) is 11. The number of unbranched alkanes of at least 4 members (excludes halogenated alkanes) is 9. The zero-order chi connectivity index (χ0) is 27.7. The van der Waals surface area contributed by atoms with Crippen LogP contribution in [0.2, 0.25) is 0 Å². The first-order valence-corrected chi connectivity index (χ1v) is 14.9. The molecule has 218 valence electrons. The van der Waals surface area contributed by atoms with E-state index in [2.05, 4.69) is 19.1 Å². The molecule has 1 unspecified atom stereocenters. The number of allylic oxidation sites excluding steroid dienone is 2. The second kappa shape index (κ2) is 21.6. The van der Waals surface area contributed by atoms with Crippen LogP contribution >= 0.6 is 0 Å². The second-order valence-corrected chi connectivity index (χ2v) is 11.0. The van der Waals surface area contributed by atoms with Crippen LogP contribution in [0, 0.1) is 0 Å². The number of aliphatic hydroxyl groups excluding tert-OH is 4. The smallest absolute Gasteiger partial charge is 0.748 e. The molecule has 0 spiro atoms. The molecule has 0 aromatic heterocycles. The van der Waals surface area contributed by atoms with Crippen LogP contribution in [0.15, 0.2) is 12.2 Å². The molecule has 1 fully saturated rings. The van der Waals surface area contributed by atoms with E-state index in [1.165, 1.54) is 25.7 Å². The van der Waals surface area contributed by atoms with E-state index in [1.807, 2.05) is 0 Å². The summed E-state index contributed by atoms with van der Waals surface area (Å²) in [6, 6.07) is 0. The Morgan fingerprint density at radius 1 is 0.921 bits per heavy atom. The Morgan fingerprint density at radius 3 is 2.11 bits per heavy atom. The van der Waals surface area contributed by atoms with Gasteiger partial charge in [-0.3, -0.25) is 4.79 Å². The third-order valence-corrected chi connectivity index (χ3v) is 6.81. The molecule has 11 nitrogen and oxygen atoms in total. The van der Waals surface area contributed by atoms with E-state index in [9.17, 15) is 38.2 Å².